The fourth-order valence-electron chi connectivity index (χ4n) is 3.39. The number of sulfone groups is 2. The lowest BCUT2D eigenvalue weighted by Crippen LogP contribution is -2.28. The maximum Gasteiger partial charge on any atom is 0.221 e. The Hall–Kier alpha value is -0.130. The Labute approximate surface area is 244 Å². The van der Waals surface area contributed by atoms with Crippen molar-refractivity contribution in [2.75, 3.05) is 72.2 Å². The Morgan fingerprint density at radius 3 is 2.00 bits per heavy atom. The number of thioether (sulfide) groups is 4. The van der Waals surface area contributed by atoms with E-state index in [1.807, 2.05) is 0 Å². The number of amides is 2. The fourth-order valence-corrected chi connectivity index (χ4v) is 11.4. The third kappa shape index (κ3) is 16.9. The summed E-state index contributed by atoms with van der Waals surface area (Å²) in [6, 6.07) is 0. The average molecular weight is 649 g/mol. The van der Waals surface area contributed by atoms with E-state index < -0.39 is 19.7 Å². The maximum absolute atomic E-state index is 12.1. The van der Waals surface area contributed by atoms with Gasteiger partial charge in [0.15, 0.2) is 19.7 Å². The van der Waals surface area contributed by atoms with Gasteiger partial charge in [0.1, 0.15) is 9.08 Å². The van der Waals surface area contributed by atoms with E-state index in [4.69, 9.17) is 0 Å². The predicted octanol–water partition coefficient (Wildman–Crippen LogP) is 1.58. The zero-order chi connectivity index (χ0) is 27.7. The van der Waals surface area contributed by atoms with Crippen LogP contribution in [0.3, 0.4) is 0 Å². The number of rotatable bonds is 20. The standard InChI is InChI=1S/C22H40N4O6S6/c27-19(5-15-37(29,30)17-13-35-21-25-9-11-33-21)23-7-3-1-2-4-8-24-20(28)6-16-38(31,32)18-14-36-22-26-10-12-34-22/h21,25H,1-18H2,(H,23,27)(H,24,28). The first-order valence-corrected chi connectivity index (χ1v) is 20.6. The van der Waals surface area contributed by atoms with Crippen LogP contribution in [0.5, 0.6) is 0 Å². The Morgan fingerprint density at radius 1 is 0.868 bits per heavy atom. The molecule has 220 valence electrons. The van der Waals surface area contributed by atoms with Crippen LogP contribution in [0.15, 0.2) is 4.99 Å². The van der Waals surface area contributed by atoms with E-state index in [1.165, 1.54) is 11.8 Å². The minimum atomic E-state index is -3.26. The predicted molar refractivity (Wildman–Crippen MR) is 165 cm³/mol. The van der Waals surface area contributed by atoms with Crippen LogP contribution in [0.2, 0.25) is 0 Å². The van der Waals surface area contributed by atoms with Gasteiger partial charge in [-0.25, -0.2) is 16.8 Å². The molecule has 0 aromatic heterocycles. The molecule has 1 saturated heterocycles. The van der Waals surface area contributed by atoms with Crippen LogP contribution < -0.4 is 16.0 Å². The first-order valence-electron chi connectivity index (χ1n) is 12.9. The summed E-state index contributed by atoms with van der Waals surface area (Å²) in [5, 5.41) is 8.82. The molecule has 2 amide bonds. The van der Waals surface area contributed by atoms with Gasteiger partial charge in [-0.3, -0.25) is 19.9 Å². The van der Waals surface area contributed by atoms with E-state index in [0.29, 0.717) is 24.6 Å². The molecule has 1 fully saturated rings. The van der Waals surface area contributed by atoms with Gasteiger partial charge in [-0.2, -0.15) is 0 Å². The normalized spacial score (nSPS) is 17.9. The van der Waals surface area contributed by atoms with Crippen molar-refractivity contribution in [2.45, 2.75) is 43.2 Å². The second-order valence-electron chi connectivity index (χ2n) is 8.79. The first kappa shape index (κ1) is 34.1. The molecule has 0 aliphatic carbocycles. The van der Waals surface area contributed by atoms with Crippen LogP contribution in [0.25, 0.3) is 0 Å². The minimum Gasteiger partial charge on any atom is -0.356 e. The molecule has 10 nitrogen and oxygen atoms in total. The van der Waals surface area contributed by atoms with Gasteiger partial charge >= 0.3 is 0 Å². The molecule has 0 aromatic rings. The Kier molecular flexibility index (Phi) is 17.1. The smallest absolute Gasteiger partial charge is 0.221 e. The number of nitrogens with zero attached hydrogens (tertiary/aromatic N) is 1. The highest BCUT2D eigenvalue weighted by Crippen LogP contribution is 2.25. The van der Waals surface area contributed by atoms with E-state index in [2.05, 4.69) is 20.9 Å². The minimum absolute atomic E-state index is 0.0155. The highest BCUT2D eigenvalue weighted by Gasteiger charge is 2.18. The van der Waals surface area contributed by atoms with E-state index in [-0.39, 0.29) is 52.4 Å². The molecule has 2 rings (SSSR count). The number of unbranched alkanes of at least 4 members (excludes halogenated alkanes) is 3. The van der Waals surface area contributed by atoms with Crippen molar-refractivity contribution < 1.29 is 26.4 Å². The van der Waals surface area contributed by atoms with Crippen molar-refractivity contribution >= 4 is 82.9 Å². The van der Waals surface area contributed by atoms with Gasteiger partial charge in [-0.1, -0.05) is 36.4 Å². The van der Waals surface area contributed by atoms with Crippen molar-refractivity contribution in [3.05, 3.63) is 0 Å². The largest absolute Gasteiger partial charge is 0.356 e. The Balaban J connectivity index is 1.39. The summed E-state index contributed by atoms with van der Waals surface area (Å²) in [6.45, 7) is 2.73. The monoisotopic (exact) mass is 648 g/mol. The number of carbonyl (C=O) groups is 2. The first-order chi connectivity index (χ1) is 18.2. The van der Waals surface area contributed by atoms with Crippen LogP contribution in [0, 0.1) is 0 Å². The second-order valence-corrected chi connectivity index (χ2v) is 18.5. The van der Waals surface area contributed by atoms with Crippen molar-refractivity contribution in [2.24, 2.45) is 4.99 Å². The fraction of sp³-hybridized carbons (Fsp3) is 0.864. The molecule has 0 aromatic carbocycles. The van der Waals surface area contributed by atoms with Gasteiger partial charge in [0, 0.05) is 55.5 Å². The molecule has 2 aliphatic heterocycles. The van der Waals surface area contributed by atoms with Crippen molar-refractivity contribution in [1.29, 1.82) is 0 Å². The second kappa shape index (κ2) is 19.1. The van der Waals surface area contributed by atoms with Crippen molar-refractivity contribution in [3.63, 3.8) is 0 Å². The maximum atomic E-state index is 12.1. The SMILES string of the molecule is O=C(CCS(=O)(=O)CCSC1=NCCS1)NCCCCCCNC(=O)CCS(=O)(=O)CCSC1NCCS1. The van der Waals surface area contributed by atoms with Crippen LogP contribution in [-0.4, -0.2) is 110 Å². The lowest BCUT2D eigenvalue weighted by molar-refractivity contribution is -0.121. The van der Waals surface area contributed by atoms with Crippen molar-refractivity contribution in [1.82, 2.24) is 16.0 Å². The summed E-state index contributed by atoms with van der Waals surface area (Å²) in [4.78, 5) is 28.2. The lowest BCUT2D eigenvalue weighted by atomic mass is 10.2. The topological polar surface area (TPSA) is 151 Å². The van der Waals surface area contributed by atoms with Gasteiger partial charge in [-0.05, 0) is 12.8 Å². The van der Waals surface area contributed by atoms with E-state index in [0.717, 1.165) is 54.7 Å². The molecule has 0 saturated carbocycles. The van der Waals surface area contributed by atoms with Gasteiger partial charge in [0.25, 0.3) is 0 Å². The highest BCUT2D eigenvalue weighted by atomic mass is 32.2. The Bertz CT molecular complexity index is 971. The summed E-state index contributed by atoms with van der Waals surface area (Å²) in [5.74, 6) is 2.36. The molecule has 1 unspecified atom stereocenters. The molecular weight excluding hydrogens is 609 g/mol. The zero-order valence-electron chi connectivity index (χ0n) is 21.7. The van der Waals surface area contributed by atoms with Crippen molar-refractivity contribution in [3.8, 4) is 0 Å². The summed E-state index contributed by atoms with van der Waals surface area (Å²) in [7, 11) is -6.49. The van der Waals surface area contributed by atoms with E-state index in [1.54, 1.807) is 35.3 Å². The van der Waals surface area contributed by atoms with Crippen LogP contribution in [0.1, 0.15) is 38.5 Å². The molecule has 0 spiro atoms. The zero-order valence-corrected chi connectivity index (χ0v) is 26.6. The lowest BCUT2D eigenvalue weighted by Gasteiger charge is -2.09. The molecule has 38 heavy (non-hydrogen) atoms. The van der Waals surface area contributed by atoms with Gasteiger partial charge < -0.3 is 10.6 Å². The molecule has 0 bridgehead atoms. The number of hydrogen-bond donors (Lipinski definition) is 3. The molecule has 16 heteroatoms. The number of carbonyl (C=O) groups excluding carboxylic acids is 2. The molecule has 3 N–H and O–H groups in total. The summed E-state index contributed by atoms with van der Waals surface area (Å²) >= 11 is 6.50. The van der Waals surface area contributed by atoms with Crippen LogP contribution in [0.4, 0.5) is 0 Å². The number of aliphatic imine (C=N–C) groups is 1. The quantitative estimate of drug-likeness (QED) is 0.165. The van der Waals surface area contributed by atoms with Gasteiger partial charge in [0.05, 0.1) is 29.6 Å². The number of nitrogens with one attached hydrogen (secondary N) is 3. The van der Waals surface area contributed by atoms with Crippen LogP contribution in [-0.2, 0) is 29.3 Å². The molecule has 1 atom stereocenters. The van der Waals surface area contributed by atoms with Crippen LogP contribution >= 0.6 is 47.0 Å². The Morgan fingerprint density at radius 2 is 1.47 bits per heavy atom. The molecule has 0 radical (unpaired) electrons. The summed E-state index contributed by atoms with van der Waals surface area (Å²) in [5.41, 5.74) is 0. The third-order valence-corrected chi connectivity index (χ3v) is 14.3. The average Bonchev–Trinajstić information content (AvgIpc) is 3.58. The molecular formula is C22H40N4O6S6. The third-order valence-electron chi connectivity index (χ3n) is 5.55. The molecule has 2 heterocycles. The number of hydrogen-bond acceptors (Lipinski definition) is 12. The summed E-state index contributed by atoms with van der Waals surface area (Å²) in [6.07, 6.45) is 3.24. The highest BCUT2D eigenvalue weighted by molar-refractivity contribution is 8.39. The molecule has 2 aliphatic rings. The van der Waals surface area contributed by atoms with Gasteiger partial charge in [0.2, 0.25) is 11.8 Å². The van der Waals surface area contributed by atoms with E-state index >= 15 is 0 Å². The van der Waals surface area contributed by atoms with E-state index in [9.17, 15) is 26.4 Å². The van der Waals surface area contributed by atoms with Gasteiger partial charge in [-0.15, -0.1) is 23.5 Å². The summed E-state index contributed by atoms with van der Waals surface area (Å²) < 4.78 is 49.7.